The van der Waals surface area contributed by atoms with Gasteiger partial charge >= 0.3 is 0 Å². The summed E-state index contributed by atoms with van der Waals surface area (Å²) < 4.78 is 28.0. The molecule has 2 aromatic carbocycles. The Morgan fingerprint density at radius 2 is 1.33 bits per heavy atom. The fourth-order valence-corrected chi connectivity index (χ4v) is 3.76. The van der Waals surface area contributed by atoms with Gasteiger partial charge in [-0.2, -0.15) is 0 Å². The van der Waals surface area contributed by atoms with Crippen LogP contribution in [0.3, 0.4) is 0 Å². The van der Waals surface area contributed by atoms with E-state index >= 15 is 0 Å². The molecule has 0 bridgehead atoms. The second kappa shape index (κ2) is 7.88. The predicted octanol–water partition coefficient (Wildman–Crippen LogP) is 3.82. The van der Waals surface area contributed by atoms with Crippen LogP contribution >= 0.6 is 0 Å². The number of aryl methyl sites for hydroxylation is 1. The Bertz CT molecular complexity index is 910. The lowest BCUT2D eigenvalue weighted by atomic mass is 9.77. The van der Waals surface area contributed by atoms with Gasteiger partial charge in [0.25, 0.3) is 0 Å². The molecule has 0 aromatic heterocycles. The molecule has 2 aromatic rings. The summed E-state index contributed by atoms with van der Waals surface area (Å²) in [4.78, 5) is 0. The van der Waals surface area contributed by atoms with E-state index in [1.807, 2.05) is 0 Å². The molecule has 0 amide bonds. The zero-order valence-electron chi connectivity index (χ0n) is 18.0. The molecule has 3 fully saturated rings. The van der Waals surface area contributed by atoms with Gasteiger partial charge in [-0.3, -0.25) is 0 Å². The van der Waals surface area contributed by atoms with Crippen molar-refractivity contribution in [3.05, 3.63) is 58.7 Å². The Hall–Kier alpha value is -2.08. The average Bonchev–Trinajstić information content (AvgIpc) is 3.58. The molecule has 0 radical (unpaired) electrons. The summed E-state index contributed by atoms with van der Waals surface area (Å²) in [6.45, 7) is 10.3. The Kier molecular flexibility index (Phi) is 5.21. The molecule has 5 heteroatoms. The predicted molar refractivity (Wildman–Crippen MR) is 114 cm³/mol. The van der Waals surface area contributed by atoms with Gasteiger partial charge in [0.2, 0.25) is 0 Å². The minimum absolute atomic E-state index is 0.139. The van der Waals surface area contributed by atoms with E-state index in [0.29, 0.717) is 19.3 Å². The number of ether oxygens (including phenoxy) is 5. The molecule has 30 heavy (non-hydrogen) atoms. The third kappa shape index (κ3) is 4.64. The van der Waals surface area contributed by atoms with Gasteiger partial charge in [-0.15, -0.1) is 0 Å². The first kappa shape index (κ1) is 19.9. The molecule has 5 nitrogen and oxygen atoms in total. The summed E-state index contributed by atoms with van der Waals surface area (Å²) in [6.07, 6.45) is 1.72. The molecular formula is C25H30O5. The van der Waals surface area contributed by atoms with Crippen molar-refractivity contribution < 1.29 is 23.7 Å². The van der Waals surface area contributed by atoms with Crippen LogP contribution in [-0.2, 0) is 26.0 Å². The lowest BCUT2D eigenvalue weighted by Crippen LogP contribution is -2.20. The molecule has 3 saturated heterocycles. The van der Waals surface area contributed by atoms with Crippen molar-refractivity contribution in [2.75, 3.05) is 33.0 Å². The topological polar surface area (TPSA) is 56.0 Å². The van der Waals surface area contributed by atoms with Crippen molar-refractivity contribution in [2.24, 2.45) is 0 Å². The molecule has 5 rings (SSSR count). The standard InChI is InChI=1S/C25H30O5/c1-16-8-18(4-6-23(16)29-14-21-12-27-21)25(2,3)19-5-7-24(30-15-22-13-28-22)17(9-19)10-20-11-26-20/h4-9,20-22H,10-15H2,1-3H3. The second-order valence-corrected chi connectivity index (χ2v) is 9.12. The molecular weight excluding hydrogens is 380 g/mol. The molecule has 0 N–H and O–H groups in total. The van der Waals surface area contributed by atoms with Crippen LogP contribution in [0.4, 0.5) is 0 Å². The lowest BCUT2D eigenvalue weighted by molar-refractivity contribution is 0.260. The van der Waals surface area contributed by atoms with Crippen LogP contribution in [0.25, 0.3) is 0 Å². The molecule has 3 aliphatic heterocycles. The highest BCUT2D eigenvalue weighted by Gasteiger charge is 2.29. The highest BCUT2D eigenvalue weighted by Crippen LogP contribution is 2.37. The van der Waals surface area contributed by atoms with Crippen molar-refractivity contribution in [2.45, 2.75) is 50.9 Å². The van der Waals surface area contributed by atoms with Crippen LogP contribution in [0, 0.1) is 6.92 Å². The van der Waals surface area contributed by atoms with Gasteiger partial charge in [0.05, 0.1) is 25.9 Å². The SMILES string of the molecule is Cc1cc(C(C)(C)c2ccc(OCC3CO3)c(CC3CO3)c2)ccc1OCC1CO1. The quantitative estimate of drug-likeness (QED) is 0.558. The van der Waals surface area contributed by atoms with E-state index in [1.165, 1.54) is 16.7 Å². The van der Waals surface area contributed by atoms with Crippen molar-refractivity contribution in [3.63, 3.8) is 0 Å². The molecule has 3 atom stereocenters. The van der Waals surface area contributed by atoms with E-state index in [4.69, 9.17) is 23.7 Å². The third-order valence-electron chi connectivity index (χ3n) is 6.18. The molecule has 0 aliphatic carbocycles. The fraction of sp³-hybridized carbons (Fsp3) is 0.520. The molecule has 0 spiro atoms. The molecule has 3 heterocycles. The number of hydrogen-bond acceptors (Lipinski definition) is 5. The first-order valence-electron chi connectivity index (χ1n) is 10.8. The summed E-state index contributed by atoms with van der Waals surface area (Å²) in [5, 5.41) is 0. The Labute approximate surface area is 178 Å². The summed E-state index contributed by atoms with van der Waals surface area (Å²) in [7, 11) is 0. The molecule has 0 saturated carbocycles. The third-order valence-corrected chi connectivity index (χ3v) is 6.18. The minimum atomic E-state index is -0.139. The summed E-state index contributed by atoms with van der Waals surface area (Å²) >= 11 is 0. The number of epoxide rings is 3. The first-order chi connectivity index (χ1) is 14.5. The summed E-state index contributed by atoms with van der Waals surface area (Å²) in [6, 6.07) is 13.1. The van der Waals surface area contributed by atoms with Gasteiger partial charge in [-0.1, -0.05) is 38.1 Å². The highest BCUT2D eigenvalue weighted by molar-refractivity contribution is 5.47. The maximum absolute atomic E-state index is 6.04. The van der Waals surface area contributed by atoms with Gasteiger partial charge in [0.1, 0.15) is 36.9 Å². The van der Waals surface area contributed by atoms with Crippen LogP contribution in [0.1, 0.15) is 36.1 Å². The smallest absolute Gasteiger partial charge is 0.122 e. The van der Waals surface area contributed by atoms with Crippen LogP contribution in [0.5, 0.6) is 11.5 Å². The van der Waals surface area contributed by atoms with Gasteiger partial charge in [-0.25, -0.2) is 0 Å². The molecule has 160 valence electrons. The molecule has 3 unspecified atom stereocenters. The maximum atomic E-state index is 6.04. The zero-order chi connectivity index (χ0) is 20.7. The van der Waals surface area contributed by atoms with Crippen molar-refractivity contribution >= 4 is 0 Å². The average molecular weight is 411 g/mol. The minimum Gasteiger partial charge on any atom is -0.491 e. The van der Waals surface area contributed by atoms with Crippen LogP contribution in [-0.4, -0.2) is 51.3 Å². The van der Waals surface area contributed by atoms with E-state index in [0.717, 1.165) is 43.3 Å². The van der Waals surface area contributed by atoms with Crippen molar-refractivity contribution in [3.8, 4) is 11.5 Å². The Balaban J connectivity index is 1.37. The van der Waals surface area contributed by atoms with Crippen LogP contribution < -0.4 is 9.47 Å². The Morgan fingerprint density at radius 1 is 0.800 bits per heavy atom. The van der Waals surface area contributed by atoms with E-state index in [-0.39, 0.29) is 17.6 Å². The fourth-order valence-electron chi connectivity index (χ4n) is 3.76. The monoisotopic (exact) mass is 410 g/mol. The van der Waals surface area contributed by atoms with Gasteiger partial charge in [-0.05, 0) is 41.3 Å². The zero-order valence-corrected chi connectivity index (χ0v) is 18.0. The van der Waals surface area contributed by atoms with E-state index in [9.17, 15) is 0 Å². The van der Waals surface area contributed by atoms with E-state index in [1.54, 1.807) is 0 Å². The summed E-state index contributed by atoms with van der Waals surface area (Å²) in [5.41, 5.74) is 4.76. The van der Waals surface area contributed by atoms with Crippen molar-refractivity contribution in [1.29, 1.82) is 0 Å². The lowest BCUT2D eigenvalue weighted by Gasteiger charge is -2.28. The number of hydrogen-bond donors (Lipinski definition) is 0. The second-order valence-electron chi connectivity index (χ2n) is 9.12. The largest absolute Gasteiger partial charge is 0.491 e. The van der Waals surface area contributed by atoms with E-state index < -0.39 is 0 Å². The number of rotatable bonds is 10. The normalized spacial score (nSPS) is 24.4. The summed E-state index contributed by atoms with van der Waals surface area (Å²) in [5.74, 6) is 1.88. The first-order valence-corrected chi connectivity index (χ1v) is 10.8. The van der Waals surface area contributed by atoms with Crippen molar-refractivity contribution in [1.82, 2.24) is 0 Å². The molecule has 3 aliphatic rings. The van der Waals surface area contributed by atoms with Gasteiger partial charge in [0, 0.05) is 11.8 Å². The highest BCUT2D eigenvalue weighted by atomic mass is 16.6. The van der Waals surface area contributed by atoms with Crippen LogP contribution in [0.15, 0.2) is 36.4 Å². The maximum Gasteiger partial charge on any atom is 0.122 e. The van der Waals surface area contributed by atoms with Gasteiger partial charge in [0.15, 0.2) is 0 Å². The van der Waals surface area contributed by atoms with E-state index in [2.05, 4.69) is 57.2 Å². The van der Waals surface area contributed by atoms with Crippen LogP contribution in [0.2, 0.25) is 0 Å². The van der Waals surface area contributed by atoms with Gasteiger partial charge < -0.3 is 23.7 Å². The number of benzene rings is 2. The Morgan fingerprint density at radius 3 is 1.90 bits per heavy atom.